The largest absolute Gasteiger partial charge is 0.493 e. The monoisotopic (exact) mass is 356 g/mol. The second-order valence-electron chi connectivity index (χ2n) is 6.11. The predicted octanol–water partition coefficient (Wildman–Crippen LogP) is 3.15. The lowest BCUT2D eigenvalue weighted by Gasteiger charge is -2.24. The standard InChI is InChI=1S/C19H24N4O3/c1-15(17-7-11-26-21-17)22(2)13-16-5-4-6-18(24-3)19(16)25-12-10-23-9-8-20-14-23/h4-9,11,14-15H,10,12-13H2,1-3H3/t15-/m0/s1. The lowest BCUT2D eigenvalue weighted by Crippen LogP contribution is -2.22. The molecule has 0 aliphatic heterocycles. The summed E-state index contributed by atoms with van der Waals surface area (Å²) in [6, 6.07) is 7.96. The number of aromatic nitrogens is 3. The lowest BCUT2D eigenvalue weighted by atomic mass is 10.1. The molecule has 0 aliphatic carbocycles. The van der Waals surface area contributed by atoms with Crippen LogP contribution in [0.4, 0.5) is 0 Å². The van der Waals surface area contributed by atoms with E-state index in [9.17, 15) is 0 Å². The Morgan fingerprint density at radius 1 is 1.31 bits per heavy atom. The zero-order valence-corrected chi connectivity index (χ0v) is 15.3. The molecule has 7 heteroatoms. The molecular formula is C19H24N4O3. The summed E-state index contributed by atoms with van der Waals surface area (Å²) < 4.78 is 18.5. The summed E-state index contributed by atoms with van der Waals surface area (Å²) >= 11 is 0. The molecule has 0 radical (unpaired) electrons. The Bertz CT molecular complexity index is 787. The van der Waals surface area contributed by atoms with Crippen LogP contribution in [-0.2, 0) is 13.1 Å². The van der Waals surface area contributed by atoms with Crippen molar-refractivity contribution in [3.8, 4) is 11.5 Å². The number of imidazole rings is 1. The van der Waals surface area contributed by atoms with E-state index in [0.29, 0.717) is 13.2 Å². The van der Waals surface area contributed by atoms with Crippen LogP contribution in [0.15, 0.2) is 53.8 Å². The van der Waals surface area contributed by atoms with Crippen LogP contribution in [0.3, 0.4) is 0 Å². The molecule has 0 amide bonds. The molecule has 7 nitrogen and oxygen atoms in total. The van der Waals surface area contributed by atoms with E-state index in [1.807, 2.05) is 36.0 Å². The van der Waals surface area contributed by atoms with Gasteiger partial charge in [-0.1, -0.05) is 17.3 Å². The first-order chi connectivity index (χ1) is 12.7. The van der Waals surface area contributed by atoms with Gasteiger partial charge in [0.2, 0.25) is 0 Å². The third-order valence-electron chi connectivity index (χ3n) is 4.40. The highest BCUT2D eigenvalue weighted by Crippen LogP contribution is 2.33. The van der Waals surface area contributed by atoms with Gasteiger partial charge in [-0.3, -0.25) is 4.90 Å². The Morgan fingerprint density at radius 2 is 2.19 bits per heavy atom. The number of hydrogen-bond acceptors (Lipinski definition) is 6. The molecule has 0 bridgehead atoms. The minimum absolute atomic E-state index is 0.124. The molecule has 0 aliphatic rings. The molecule has 0 fully saturated rings. The third kappa shape index (κ3) is 4.23. The normalized spacial score (nSPS) is 12.3. The van der Waals surface area contributed by atoms with E-state index in [4.69, 9.17) is 14.0 Å². The van der Waals surface area contributed by atoms with Gasteiger partial charge in [-0.2, -0.15) is 0 Å². The van der Waals surface area contributed by atoms with Gasteiger partial charge in [-0.25, -0.2) is 4.98 Å². The lowest BCUT2D eigenvalue weighted by molar-refractivity contribution is 0.229. The summed E-state index contributed by atoms with van der Waals surface area (Å²) in [4.78, 5) is 6.23. The van der Waals surface area contributed by atoms with Crippen LogP contribution in [0.1, 0.15) is 24.2 Å². The number of ether oxygens (including phenoxy) is 2. The molecule has 3 aromatic rings. The molecule has 1 aromatic carbocycles. The number of hydrogen-bond donors (Lipinski definition) is 0. The summed E-state index contributed by atoms with van der Waals surface area (Å²) in [5, 5.41) is 4.03. The van der Waals surface area contributed by atoms with Gasteiger partial charge in [0.25, 0.3) is 0 Å². The molecule has 2 heterocycles. The molecule has 0 saturated heterocycles. The average molecular weight is 356 g/mol. The number of nitrogens with zero attached hydrogens (tertiary/aromatic N) is 4. The molecule has 0 spiro atoms. The highest BCUT2D eigenvalue weighted by atomic mass is 16.5. The van der Waals surface area contributed by atoms with Crippen LogP contribution in [0.2, 0.25) is 0 Å². The minimum atomic E-state index is 0.124. The van der Waals surface area contributed by atoms with Crippen molar-refractivity contribution >= 4 is 0 Å². The minimum Gasteiger partial charge on any atom is -0.493 e. The fraction of sp³-hybridized carbons (Fsp3) is 0.368. The predicted molar refractivity (Wildman–Crippen MR) is 97.1 cm³/mol. The summed E-state index contributed by atoms with van der Waals surface area (Å²) in [7, 11) is 3.71. The van der Waals surface area contributed by atoms with E-state index in [1.54, 1.807) is 25.9 Å². The number of rotatable bonds is 9. The second kappa shape index (κ2) is 8.53. The van der Waals surface area contributed by atoms with Crippen molar-refractivity contribution in [2.75, 3.05) is 20.8 Å². The molecule has 0 unspecified atom stereocenters. The Morgan fingerprint density at radius 3 is 2.88 bits per heavy atom. The zero-order valence-electron chi connectivity index (χ0n) is 15.3. The van der Waals surface area contributed by atoms with E-state index in [-0.39, 0.29) is 6.04 Å². The van der Waals surface area contributed by atoms with Crippen molar-refractivity contribution in [1.82, 2.24) is 19.6 Å². The van der Waals surface area contributed by atoms with E-state index < -0.39 is 0 Å². The molecular weight excluding hydrogens is 332 g/mol. The first kappa shape index (κ1) is 18.0. The van der Waals surface area contributed by atoms with Gasteiger partial charge in [-0.05, 0) is 20.0 Å². The maximum atomic E-state index is 6.07. The molecule has 2 aromatic heterocycles. The highest BCUT2D eigenvalue weighted by Gasteiger charge is 2.18. The topological polar surface area (TPSA) is 65.6 Å². The summed E-state index contributed by atoms with van der Waals surface area (Å²) in [5.41, 5.74) is 1.96. The third-order valence-corrected chi connectivity index (χ3v) is 4.40. The Kier molecular flexibility index (Phi) is 5.91. The van der Waals surface area contributed by atoms with Crippen molar-refractivity contribution in [3.05, 3.63) is 60.5 Å². The first-order valence-corrected chi connectivity index (χ1v) is 8.54. The number of methoxy groups -OCH3 is 1. The van der Waals surface area contributed by atoms with Crippen LogP contribution < -0.4 is 9.47 Å². The quantitative estimate of drug-likeness (QED) is 0.587. The van der Waals surface area contributed by atoms with Crippen LogP contribution in [0.25, 0.3) is 0 Å². The van der Waals surface area contributed by atoms with Gasteiger partial charge < -0.3 is 18.6 Å². The SMILES string of the molecule is COc1cccc(CN(C)[C@@H](C)c2ccon2)c1OCCn1ccnc1. The van der Waals surface area contributed by atoms with E-state index >= 15 is 0 Å². The van der Waals surface area contributed by atoms with E-state index in [2.05, 4.69) is 28.0 Å². The van der Waals surface area contributed by atoms with Gasteiger partial charge in [0.1, 0.15) is 18.6 Å². The Balaban J connectivity index is 1.71. The van der Waals surface area contributed by atoms with Crippen molar-refractivity contribution < 1.29 is 14.0 Å². The van der Waals surface area contributed by atoms with Crippen molar-refractivity contribution in [1.29, 1.82) is 0 Å². The smallest absolute Gasteiger partial charge is 0.165 e. The summed E-state index contributed by atoms with van der Waals surface area (Å²) in [5.74, 6) is 1.50. The van der Waals surface area contributed by atoms with Crippen LogP contribution in [-0.4, -0.2) is 40.4 Å². The first-order valence-electron chi connectivity index (χ1n) is 8.54. The Hall–Kier alpha value is -2.80. The van der Waals surface area contributed by atoms with Gasteiger partial charge in [0.05, 0.1) is 26.0 Å². The van der Waals surface area contributed by atoms with Crippen LogP contribution in [0.5, 0.6) is 11.5 Å². The molecule has 0 saturated carbocycles. The number of benzene rings is 1. The second-order valence-corrected chi connectivity index (χ2v) is 6.11. The summed E-state index contributed by atoms with van der Waals surface area (Å²) in [6.45, 7) is 4.05. The maximum Gasteiger partial charge on any atom is 0.165 e. The fourth-order valence-corrected chi connectivity index (χ4v) is 2.75. The van der Waals surface area contributed by atoms with E-state index in [1.165, 1.54) is 0 Å². The molecule has 1 atom stereocenters. The van der Waals surface area contributed by atoms with E-state index in [0.717, 1.165) is 29.3 Å². The number of para-hydroxylation sites is 1. The van der Waals surface area contributed by atoms with Crippen molar-refractivity contribution in [2.24, 2.45) is 0 Å². The highest BCUT2D eigenvalue weighted by molar-refractivity contribution is 5.46. The molecule has 3 rings (SSSR count). The Labute approximate surface area is 153 Å². The van der Waals surface area contributed by atoms with Gasteiger partial charge >= 0.3 is 0 Å². The van der Waals surface area contributed by atoms with Crippen molar-refractivity contribution in [2.45, 2.75) is 26.1 Å². The van der Waals surface area contributed by atoms with Crippen LogP contribution in [0, 0.1) is 0 Å². The van der Waals surface area contributed by atoms with Crippen molar-refractivity contribution in [3.63, 3.8) is 0 Å². The average Bonchev–Trinajstić information content (AvgIpc) is 3.36. The van der Waals surface area contributed by atoms with Gasteiger partial charge in [-0.15, -0.1) is 0 Å². The van der Waals surface area contributed by atoms with Crippen LogP contribution >= 0.6 is 0 Å². The summed E-state index contributed by atoms with van der Waals surface area (Å²) in [6.07, 6.45) is 7.05. The molecule has 138 valence electrons. The zero-order chi connectivity index (χ0) is 18.4. The fourth-order valence-electron chi connectivity index (χ4n) is 2.75. The molecule has 0 N–H and O–H groups in total. The van der Waals surface area contributed by atoms with Gasteiger partial charge in [0, 0.05) is 30.6 Å². The molecule has 26 heavy (non-hydrogen) atoms. The maximum absolute atomic E-state index is 6.07. The van der Waals surface area contributed by atoms with Gasteiger partial charge in [0.15, 0.2) is 11.5 Å².